The van der Waals surface area contributed by atoms with Crippen LogP contribution in [-0.4, -0.2) is 11.1 Å². The number of carboxylic acids is 1. The fourth-order valence-corrected chi connectivity index (χ4v) is 2.06. The predicted molar refractivity (Wildman–Crippen MR) is 47.8 cm³/mol. The van der Waals surface area contributed by atoms with Gasteiger partial charge in [-0.1, -0.05) is 26.0 Å². The number of rotatable bonds is 2. The lowest BCUT2D eigenvalue weighted by Crippen LogP contribution is -2.16. The van der Waals surface area contributed by atoms with Crippen molar-refractivity contribution in [2.75, 3.05) is 0 Å². The molecule has 0 aromatic carbocycles. The zero-order valence-electron chi connectivity index (χ0n) is 8.09. The quantitative estimate of drug-likeness (QED) is 0.642. The lowest BCUT2D eigenvalue weighted by molar-refractivity contribution is -0.144. The third kappa shape index (κ3) is 0.838. The first kappa shape index (κ1) is 9.30. The molecule has 0 bridgehead atoms. The molecule has 1 fully saturated rings. The van der Waals surface area contributed by atoms with E-state index in [-0.39, 0.29) is 11.3 Å². The molecule has 1 saturated carbocycles. The molecule has 2 heteroatoms. The number of carboxylic acid groups (broad SMARTS) is 1. The summed E-state index contributed by atoms with van der Waals surface area (Å²) in [7, 11) is 0. The third-order valence-corrected chi connectivity index (χ3v) is 3.48. The summed E-state index contributed by atoms with van der Waals surface area (Å²) < 4.78 is 0. The molecule has 0 amide bonds. The van der Waals surface area contributed by atoms with E-state index in [2.05, 4.69) is 0 Å². The molecule has 0 aliphatic heterocycles. The van der Waals surface area contributed by atoms with Gasteiger partial charge in [-0.05, 0) is 25.2 Å². The van der Waals surface area contributed by atoms with Crippen LogP contribution in [0.25, 0.3) is 0 Å². The van der Waals surface area contributed by atoms with Crippen molar-refractivity contribution in [2.45, 2.75) is 27.7 Å². The number of hydrogen-bond acceptors (Lipinski definition) is 1. The van der Waals surface area contributed by atoms with E-state index in [1.807, 2.05) is 39.8 Å². The molecule has 0 aromatic heterocycles. The largest absolute Gasteiger partial charge is 0.481 e. The first-order valence-corrected chi connectivity index (χ1v) is 4.25. The molecule has 1 aliphatic carbocycles. The summed E-state index contributed by atoms with van der Waals surface area (Å²) in [5.74, 6) is -0.497. The zero-order valence-corrected chi connectivity index (χ0v) is 8.09. The van der Waals surface area contributed by atoms with Crippen LogP contribution in [0.2, 0.25) is 0 Å². The summed E-state index contributed by atoms with van der Waals surface area (Å²) in [6.07, 6.45) is 3.93. The van der Waals surface area contributed by atoms with Gasteiger partial charge in [0.2, 0.25) is 0 Å². The molecular formula is C10H16O2. The molecule has 12 heavy (non-hydrogen) atoms. The van der Waals surface area contributed by atoms with Gasteiger partial charge in [-0.25, -0.2) is 0 Å². The van der Waals surface area contributed by atoms with Crippen molar-refractivity contribution in [1.82, 2.24) is 0 Å². The number of allylic oxidation sites excluding steroid dienone is 2. The average Bonchev–Trinajstić information content (AvgIpc) is 2.36. The van der Waals surface area contributed by atoms with Crippen LogP contribution >= 0.6 is 0 Å². The van der Waals surface area contributed by atoms with Gasteiger partial charge in [-0.3, -0.25) is 4.79 Å². The van der Waals surface area contributed by atoms with Gasteiger partial charge in [0.05, 0.1) is 5.41 Å². The second-order valence-electron chi connectivity index (χ2n) is 4.23. The minimum absolute atomic E-state index is 0.0919. The van der Waals surface area contributed by atoms with Crippen molar-refractivity contribution in [2.24, 2.45) is 16.7 Å². The summed E-state index contributed by atoms with van der Waals surface area (Å²) in [6, 6.07) is 0. The van der Waals surface area contributed by atoms with Crippen LogP contribution in [0.3, 0.4) is 0 Å². The molecule has 2 atom stereocenters. The third-order valence-electron chi connectivity index (χ3n) is 3.48. The van der Waals surface area contributed by atoms with Gasteiger partial charge in [0.15, 0.2) is 0 Å². The maximum absolute atomic E-state index is 11.0. The zero-order chi connectivity index (χ0) is 9.57. The molecule has 2 nitrogen and oxygen atoms in total. The van der Waals surface area contributed by atoms with Crippen molar-refractivity contribution < 1.29 is 9.90 Å². The van der Waals surface area contributed by atoms with Gasteiger partial charge in [0.1, 0.15) is 0 Å². The van der Waals surface area contributed by atoms with Crippen LogP contribution in [0.4, 0.5) is 0 Å². The fraction of sp³-hybridized carbons (Fsp3) is 0.700. The van der Waals surface area contributed by atoms with E-state index in [4.69, 9.17) is 5.11 Å². The first-order chi connectivity index (χ1) is 5.39. The number of hydrogen-bond donors (Lipinski definition) is 1. The van der Waals surface area contributed by atoms with Gasteiger partial charge in [0.25, 0.3) is 0 Å². The highest BCUT2D eigenvalue weighted by molar-refractivity contribution is 5.81. The predicted octanol–water partition coefficient (Wildman–Crippen LogP) is 2.31. The summed E-state index contributed by atoms with van der Waals surface area (Å²) in [5, 5.41) is 9.01. The smallest absolute Gasteiger partial charge is 0.310 e. The van der Waals surface area contributed by atoms with Crippen LogP contribution < -0.4 is 0 Å². The lowest BCUT2D eigenvalue weighted by Gasteiger charge is -2.06. The highest BCUT2D eigenvalue weighted by atomic mass is 16.4. The highest BCUT2D eigenvalue weighted by Gasteiger charge is 2.71. The second-order valence-corrected chi connectivity index (χ2v) is 4.23. The summed E-state index contributed by atoms with van der Waals surface area (Å²) >= 11 is 0. The molecule has 0 saturated heterocycles. The monoisotopic (exact) mass is 168 g/mol. The van der Waals surface area contributed by atoms with E-state index in [0.717, 1.165) is 0 Å². The minimum Gasteiger partial charge on any atom is -0.481 e. The SMILES string of the molecule is CC=CC1C(C)(C)C1(C)C(=O)O. The highest BCUT2D eigenvalue weighted by Crippen LogP contribution is 2.69. The van der Waals surface area contributed by atoms with Crippen molar-refractivity contribution >= 4 is 5.97 Å². The Morgan fingerprint density at radius 2 is 1.92 bits per heavy atom. The van der Waals surface area contributed by atoms with Crippen LogP contribution in [0.15, 0.2) is 12.2 Å². The molecule has 1 rings (SSSR count). The number of carbonyl (C=O) groups is 1. The van der Waals surface area contributed by atoms with Crippen LogP contribution in [-0.2, 0) is 4.79 Å². The van der Waals surface area contributed by atoms with Gasteiger partial charge >= 0.3 is 5.97 Å². The van der Waals surface area contributed by atoms with Gasteiger partial charge in [-0.2, -0.15) is 0 Å². The molecule has 0 radical (unpaired) electrons. The molecule has 0 heterocycles. The molecule has 2 unspecified atom stereocenters. The summed E-state index contributed by atoms with van der Waals surface area (Å²) in [5.41, 5.74) is -0.648. The average molecular weight is 168 g/mol. The van der Waals surface area contributed by atoms with E-state index in [1.54, 1.807) is 0 Å². The molecule has 1 N–H and O–H groups in total. The Hall–Kier alpha value is -0.790. The Kier molecular flexibility index (Phi) is 1.82. The molecule has 1 aliphatic rings. The molecule has 68 valence electrons. The maximum Gasteiger partial charge on any atom is 0.310 e. The normalized spacial score (nSPS) is 38.5. The van der Waals surface area contributed by atoms with E-state index in [1.165, 1.54) is 0 Å². The second kappa shape index (κ2) is 2.35. The van der Waals surface area contributed by atoms with Crippen molar-refractivity contribution in [3.63, 3.8) is 0 Å². The van der Waals surface area contributed by atoms with Crippen molar-refractivity contribution in [3.8, 4) is 0 Å². The first-order valence-electron chi connectivity index (χ1n) is 4.25. The Labute approximate surface area is 73.3 Å². The molecule has 0 aromatic rings. The molecular weight excluding hydrogens is 152 g/mol. The van der Waals surface area contributed by atoms with E-state index in [9.17, 15) is 4.79 Å². The summed E-state index contributed by atoms with van der Waals surface area (Å²) in [4.78, 5) is 11.0. The maximum atomic E-state index is 11.0. The van der Waals surface area contributed by atoms with Crippen molar-refractivity contribution in [3.05, 3.63) is 12.2 Å². The fourth-order valence-electron chi connectivity index (χ4n) is 2.06. The lowest BCUT2D eigenvalue weighted by atomic mass is 9.99. The van der Waals surface area contributed by atoms with E-state index < -0.39 is 11.4 Å². The van der Waals surface area contributed by atoms with Crippen molar-refractivity contribution in [1.29, 1.82) is 0 Å². The topological polar surface area (TPSA) is 37.3 Å². The minimum atomic E-state index is -0.685. The molecule has 0 spiro atoms. The number of aliphatic carboxylic acids is 1. The van der Waals surface area contributed by atoms with Crippen LogP contribution in [0, 0.1) is 16.7 Å². The Balaban J connectivity index is 2.91. The summed E-state index contributed by atoms with van der Waals surface area (Å²) in [6.45, 7) is 7.76. The Morgan fingerprint density at radius 1 is 1.42 bits per heavy atom. The van der Waals surface area contributed by atoms with Gasteiger partial charge in [-0.15, -0.1) is 0 Å². The Bertz CT molecular complexity index is 240. The van der Waals surface area contributed by atoms with E-state index in [0.29, 0.717) is 0 Å². The van der Waals surface area contributed by atoms with Gasteiger partial charge < -0.3 is 5.11 Å². The standard InChI is InChI=1S/C10H16O2/c1-5-6-7-9(2,3)10(7,4)8(11)12/h5-7H,1-4H3,(H,11,12). The van der Waals surface area contributed by atoms with Crippen LogP contribution in [0.1, 0.15) is 27.7 Å². The Morgan fingerprint density at radius 3 is 2.17 bits per heavy atom. The van der Waals surface area contributed by atoms with E-state index >= 15 is 0 Å². The van der Waals surface area contributed by atoms with Gasteiger partial charge in [0, 0.05) is 0 Å². The van der Waals surface area contributed by atoms with Crippen LogP contribution in [0.5, 0.6) is 0 Å².